The lowest BCUT2D eigenvalue weighted by Crippen LogP contribution is -2.40. The molecule has 10 heteroatoms. The smallest absolute Gasteiger partial charge is 0.339 e. The lowest BCUT2D eigenvalue weighted by Gasteiger charge is -2.18. The first-order chi connectivity index (χ1) is 13.8. The highest BCUT2D eigenvalue weighted by molar-refractivity contribution is 9.10. The summed E-state index contributed by atoms with van der Waals surface area (Å²) in [7, 11) is -3.25. The normalized spacial score (nSPS) is 16.6. The van der Waals surface area contributed by atoms with E-state index in [1.165, 1.54) is 29.2 Å². The molecule has 1 aliphatic heterocycles. The fourth-order valence-corrected chi connectivity index (χ4v) is 4.79. The van der Waals surface area contributed by atoms with Crippen molar-refractivity contribution < 1.29 is 27.5 Å². The van der Waals surface area contributed by atoms with Crippen LogP contribution < -0.4 is 9.62 Å². The summed E-state index contributed by atoms with van der Waals surface area (Å²) < 4.78 is 32.6. The average molecular weight is 481 g/mol. The van der Waals surface area contributed by atoms with Gasteiger partial charge in [-0.05, 0) is 46.6 Å². The third kappa shape index (κ3) is 4.18. The van der Waals surface area contributed by atoms with Gasteiger partial charge in [-0.2, -0.15) is 0 Å². The number of anilines is 1. The molecule has 1 atom stereocenters. The van der Waals surface area contributed by atoms with Crippen molar-refractivity contribution in [3.05, 3.63) is 58.6 Å². The summed E-state index contributed by atoms with van der Waals surface area (Å²) in [5.41, 5.74) is 0.398. The molecule has 1 fully saturated rings. The number of hydrogen-bond donors (Lipinski definition) is 1. The van der Waals surface area contributed by atoms with E-state index in [1.54, 1.807) is 24.3 Å². The number of halogens is 1. The average Bonchev–Trinajstić information content (AvgIpc) is 3.08. The van der Waals surface area contributed by atoms with E-state index in [4.69, 9.17) is 0 Å². The molecule has 1 saturated heterocycles. The zero-order chi connectivity index (χ0) is 21.2. The predicted octanol–water partition coefficient (Wildman–Crippen LogP) is 2.09. The van der Waals surface area contributed by atoms with E-state index in [-0.39, 0.29) is 18.5 Å². The van der Waals surface area contributed by atoms with Gasteiger partial charge in [-0.25, -0.2) is 17.9 Å². The molecule has 0 unspecified atom stereocenters. The van der Waals surface area contributed by atoms with Crippen LogP contribution in [0.25, 0.3) is 0 Å². The summed E-state index contributed by atoms with van der Waals surface area (Å²) in [4.78, 5) is 38.2. The van der Waals surface area contributed by atoms with E-state index >= 15 is 0 Å². The van der Waals surface area contributed by atoms with Crippen LogP contribution in [0.3, 0.4) is 0 Å². The minimum absolute atomic E-state index is 0.167. The maximum absolute atomic E-state index is 12.7. The van der Waals surface area contributed by atoms with Gasteiger partial charge in [-0.3, -0.25) is 9.59 Å². The highest BCUT2D eigenvalue weighted by atomic mass is 79.9. The third-order valence-corrected chi connectivity index (χ3v) is 6.56. The van der Waals surface area contributed by atoms with Crippen LogP contribution in [0.4, 0.5) is 5.69 Å². The van der Waals surface area contributed by atoms with Crippen LogP contribution in [0.5, 0.6) is 0 Å². The maximum atomic E-state index is 12.7. The van der Waals surface area contributed by atoms with Gasteiger partial charge in [0, 0.05) is 11.0 Å². The monoisotopic (exact) mass is 480 g/mol. The molecule has 0 radical (unpaired) electrons. The summed E-state index contributed by atoms with van der Waals surface area (Å²) in [6, 6.07) is 12.4. The SMILES string of the molecule is COC(=O)c1ccccc1S(=O)(=O)NC(=O)[C@H]1CCN(c2ccccc2Br)C1=O. The summed E-state index contributed by atoms with van der Waals surface area (Å²) >= 11 is 3.36. The van der Waals surface area contributed by atoms with Crippen molar-refractivity contribution >= 4 is 49.4 Å². The lowest BCUT2D eigenvalue weighted by molar-refractivity contribution is -0.130. The number of rotatable bonds is 5. The van der Waals surface area contributed by atoms with E-state index in [0.29, 0.717) is 10.2 Å². The van der Waals surface area contributed by atoms with Gasteiger partial charge < -0.3 is 9.64 Å². The molecule has 3 rings (SSSR count). The van der Waals surface area contributed by atoms with Gasteiger partial charge >= 0.3 is 5.97 Å². The summed E-state index contributed by atoms with van der Waals surface area (Å²) in [5.74, 6) is -3.44. The molecule has 2 aromatic carbocycles. The standard InChI is InChI=1S/C19H17BrN2O6S/c1-28-19(25)12-6-2-5-9-16(12)29(26,27)21-17(23)13-10-11-22(18(13)24)15-8-4-3-7-14(15)20/h2-9,13H,10-11H2,1H3,(H,21,23)/t13-/m1/s1. The molecule has 0 spiro atoms. The molecule has 0 saturated carbocycles. The Balaban J connectivity index is 1.81. The quantitative estimate of drug-likeness (QED) is 0.518. The molecule has 1 N–H and O–H groups in total. The Morgan fingerprint density at radius 1 is 1.14 bits per heavy atom. The Labute approximate surface area is 176 Å². The molecule has 0 aromatic heterocycles. The van der Waals surface area contributed by atoms with E-state index in [2.05, 4.69) is 20.7 Å². The molecule has 1 heterocycles. The highest BCUT2D eigenvalue weighted by Crippen LogP contribution is 2.31. The molecular weight excluding hydrogens is 464 g/mol. The Hall–Kier alpha value is -2.72. The van der Waals surface area contributed by atoms with Crippen LogP contribution in [0.15, 0.2) is 57.9 Å². The zero-order valence-electron chi connectivity index (χ0n) is 15.3. The van der Waals surface area contributed by atoms with Gasteiger partial charge in [0.05, 0.1) is 18.4 Å². The Kier molecular flexibility index (Phi) is 6.04. The van der Waals surface area contributed by atoms with Gasteiger partial charge in [0.25, 0.3) is 10.0 Å². The van der Waals surface area contributed by atoms with E-state index < -0.39 is 38.6 Å². The second-order valence-corrected chi connectivity index (χ2v) is 8.75. The number of carbonyl (C=O) groups excluding carboxylic acids is 3. The molecule has 0 aliphatic carbocycles. The van der Waals surface area contributed by atoms with Gasteiger partial charge in [0.1, 0.15) is 10.8 Å². The van der Waals surface area contributed by atoms with Crippen molar-refractivity contribution in [2.45, 2.75) is 11.3 Å². The van der Waals surface area contributed by atoms with Crippen LogP contribution >= 0.6 is 15.9 Å². The van der Waals surface area contributed by atoms with E-state index in [9.17, 15) is 22.8 Å². The van der Waals surface area contributed by atoms with Gasteiger partial charge in [-0.1, -0.05) is 24.3 Å². The molecule has 1 aliphatic rings. The van der Waals surface area contributed by atoms with Crippen LogP contribution in [-0.2, 0) is 24.3 Å². The molecule has 152 valence electrons. The van der Waals surface area contributed by atoms with Crippen molar-refractivity contribution in [1.82, 2.24) is 4.72 Å². The van der Waals surface area contributed by atoms with Gasteiger partial charge in [0.2, 0.25) is 11.8 Å². The van der Waals surface area contributed by atoms with Gasteiger partial charge in [-0.15, -0.1) is 0 Å². The van der Waals surface area contributed by atoms with Crippen molar-refractivity contribution in [2.75, 3.05) is 18.6 Å². The number of nitrogens with zero attached hydrogens (tertiary/aromatic N) is 1. The highest BCUT2D eigenvalue weighted by Gasteiger charge is 2.40. The molecule has 8 nitrogen and oxygen atoms in total. The van der Waals surface area contributed by atoms with Gasteiger partial charge in [0.15, 0.2) is 0 Å². The first-order valence-corrected chi connectivity index (χ1v) is 10.8. The molecule has 0 bridgehead atoms. The van der Waals surface area contributed by atoms with Crippen molar-refractivity contribution in [3.8, 4) is 0 Å². The lowest BCUT2D eigenvalue weighted by atomic mass is 10.1. The fourth-order valence-electron chi connectivity index (χ4n) is 3.07. The number of hydrogen-bond acceptors (Lipinski definition) is 6. The van der Waals surface area contributed by atoms with Crippen molar-refractivity contribution in [3.63, 3.8) is 0 Å². The molecule has 2 amide bonds. The summed E-state index contributed by atoms with van der Waals surface area (Å²) in [6.45, 7) is 0.276. The predicted molar refractivity (Wildman–Crippen MR) is 108 cm³/mol. The number of amides is 2. The molecular formula is C19H17BrN2O6S. The van der Waals surface area contributed by atoms with Crippen LogP contribution in [0.2, 0.25) is 0 Å². The molecule has 2 aromatic rings. The van der Waals surface area contributed by atoms with E-state index in [1.807, 2.05) is 4.72 Å². The Morgan fingerprint density at radius 2 is 1.79 bits per heavy atom. The first kappa shape index (κ1) is 21.0. The molecule has 29 heavy (non-hydrogen) atoms. The Morgan fingerprint density at radius 3 is 2.48 bits per heavy atom. The second-order valence-electron chi connectivity index (χ2n) is 6.24. The number of benzene rings is 2. The van der Waals surface area contributed by atoms with Crippen LogP contribution in [0.1, 0.15) is 16.8 Å². The fraction of sp³-hybridized carbons (Fsp3) is 0.211. The van der Waals surface area contributed by atoms with Crippen LogP contribution in [0, 0.1) is 5.92 Å². The number of nitrogens with one attached hydrogen (secondary N) is 1. The number of esters is 1. The van der Waals surface area contributed by atoms with Crippen molar-refractivity contribution in [2.24, 2.45) is 5.92 Å². The minimum atomic E-state index is -4.38. The number of para-hydroxylation sites is 1. The Bertz CT molecular complexity index is 1090. The van der Waals surface area contributed by atoms with Crippen molar-refractivity contribution in [1.29, 1.82) is 0 Å². The first-order valence-electron chi connectivity index (χ1n) is 8.56. The summed E-state index contributed by atoms with van der Waals surface area (Å²) in [6.07, 6.45) is 0.167. The second kappa shape index (κ2) is 8.34. The third-order valence-electron chi connectivity index (χ3n) is 4.48. The maximum Gasteiger partial charge on any atom is 0.339 e. The zero-order valence-corrected chi connectivity index (χ0v) is 17.7. The number of sulfonamides is 1. The van der Waals surface area contributed by atoms with Crippen LogP contribution in [-0.4, -0.2) is 39.9 Å². The topological polar surface area (TPSA) is 110 Å². The number of carbonyl (C=O) groups is 3. The number of methoxy groups -OCH3 is 1. The largest absolute Gasteiger partial charge is 0.465 e. The van der Waals surface area contributed by atoms with E-state index in [0.717, 1.165) is 7.11 Å². The summed E-state index contributed by atoms with van der Waals surface area (Å²) in [5, 5.41) is 0. The minimum Gasteiger partial charge on any atom is -0.465 e. The number of ether oxygens (including phenoxy) is 1.